The third kappa shape index (κ3) is 3.43. The molecule has 150 valence electrons. The second kappa shape index (κ2) is 7.83. The van der Waals surface area contributed by atoms with Gasteiger partial charge in [-0.15, -0.1) is 0 Å². The fourth-order valence-electron chi connectivity index (χ4n) is 3.60. The number of amides is 4. The van der Waals surface area contributed by atoms with Crippen molar-refractivity contribution < 1.29 is 14.4 Å². The summed E-state index contributed by atoms with van der Waals surface area (Å²) in [7, 11) is 0. The number of nitrogens with zero attached hydrogens (tertiary/aromatic N) is 2. The van der Waals surface area contributed by atoms with Gasteiger partial charge in [-0.2, -0.15) is 0 Å². The summed E-state index contributed by atoms with van der Waals surface area (Å²) < 4.78 is 0. The zero-order valence-corrected chi connectivity index (χ0v) is 16.5. The van der Waals surface area contributed by atoms with Crippen LogP contribution in [0.3, 0.4) is 0 Å². The Balaban J connectivity index is 1.63. The normalized spacial score (nSPS) is 18.2. The van der Waals surface area contributed by atoms with Gasteiger partial charge in [0.15, 0.2) is 0 Å². The average Bonchev–Trinajstić information content (AvgIpc) is 3.00. The van der Waals surface area contributed by atoms with Crippen LogP contribution >= 0.6 is 0 Å². The van der Waals surface area contributed by atoms with Gasteiger partial charge in [0.1, 0.15) is 12.1 Å². The maximum atomic E-state index is 13.3. The van der Waals surface area contributed by atoms with Gasteiger partial charge in [0.2, 0.25) is 0 Å². The Morgan fingerprint density at radius 2 is 1.30 bits per heavy atom. The van der Waals surface area contributed by atoms with Crippen LogP contribution < -0.4 is 10.2 Å². The van der Waals surface area contributed by atoms with E-state index in [0.29, 0.717) is 16.9 Å². The first kappa shape index (κ1) is 19.4. The molecule has 0 aromatic heterocycles. The first-order chi connectivity index (χ1) is 14.5. The molecule has 1 N–H and O–H groups in total. The smallest absolute Gasteiger partial charge is 0.319 e. The number of benzene rings is 3. The lowest BCUT2D eigenvalue weighted by Gasteiger charge is -2.25. The van der Waals surface area contributed by atoms with E-state index in [1.807, 2.05) is 66.7 Å². The highest BCUT2D eigenvalue weighted by Gasteiger charge is 2.49. The van der Waals surface area contributed by atoms with E-state index in [2.05, 4.69) is 5.32 Å². The Kier molecular flexibility index (Phi) is 5.06. The molecule has 0 aliphatic carbocycles. The summed E-state index contributed by atoms with van der Waals surface area (Å²) in [6.45, 7) is 1.29. The minimum Gasteiger partial charge on any atom is -0.319 e. The third-order valence-electron chi connectivity index (χ3n) is 5.20. The van der Waals surface area contributed by atoms with Crippen molar-refractivity contribution in [2.75, 3.05) is 11.4 Å². The fourth-order valence-corrected chi connectivity index (χ4v) is 3.60. The van der Waals surface area contributed by atoms with Crippen molar-refractivity contribution in [3.8, 4) is 0 Å². The molecule has 3 aromatic carbocycles. The van der Waals surface area contributed by atoms with E-state index in [1.54, 1.807) is 31.2 Å². The number of imide groups is 1. The number of hydrogen-bond acceptors (Lipinski definition) is 3. The molecule has 4 rings (SSSR count). The highest BCUT2D eigenvalue weighted by Crippen LogP contribution is 2.30. The molecule has 1 heterocycles. The quantitative estimate of drug-likeness (QED) is 0.663. The standard InChI is InChI=1S/C24H21N3O3/c1-24(18-11-5-2-6-12-18)22(29)26(23(30)25-24)17-21(28)27(19-13-7-3-8-14-19)20-15-9-4-10-16-20/h2-16H,17H2,1H3,(H,25,30)/t24-/m1/s1. The van der Waals surface area contributed by atoms with E-state index in [0.717, 1.165) is 4.90 Å². The zero-order valence-electron chi connectivity index (χ0n) is 16.5. The van der Waals surface area contributed by atoms with Crippen LogP contribution in [0.25, 0.3) is 0 Å². The molecule has 1 atom stereocenters. The van der Waals surface area contributed by atoms with Gasteiger partial charge in [-0.3, -0.25) is 19.4 Å². The van der Waals surface area contributed by atoms with Gasteiger partial charge in [-0.1, -0.05) is 66.7 Å². The molecule has 1 fully saturated rings. The molecule has 1 aliphatic heterocycles. The summed E-state index contributed by atoms with van der Waals surface area (Å²) in [5, 5.41) is 2.74. The second-order valence-electron chi connectivity index (χ2n) is 7.21. The Labute approximate surface area is 174 Å². The molecule has 4 amide bonds. The van der Waals surface area contributed by atoms with E-state index >= 15 is 0 Å². The Hall–Kier alpha value is -3.93. The molecular weight excluding hydrogens is 378 g/mol. The van der Waals surface area contributed by atoms with Gasteiger partial charge >= 0.3 is 6.03 Å². The Morgan fingerprint density at radius 1 is 0.833 bits per heavy atom. The van der Waals surface area contributed by atoms with Crippen LogP contribution in [-0.4, -0.2) is 29.3 Å². The SMILES string of the molecule is C[C@]1(c2ccccc2)NC(=O)N(CC(=O)N(c2ccccc2)c2ccccc2)C1=O. The third-order valence-corrected chi connectivity index (χ3v) is 5.20. The number of carbonyl (C=O) groups is 3. The molecule has 30 heavy (non-hydrogen) atoms. The van der Waals surface area contributed by atoms with Crippen molar-refractivity contribution in [1.29, 1.82) is 0 Å². The molecule has 6 heteroatoms. The zero-order chi connectivity index (χ0) is 21.1. The average molecular weight is 399 g/mol. The minimum atomic E-state index is -1.21. The molecular formula is C24H21N3O3. The van der Waals surface area contributed by atoms with Crippen molar-refractivity contribution in [3.63, 3.8) is 0 Å². The summed E-state index contributed by atoms with van der Waals surface area (Å²) in [6, 6.07) is 26.7. The number of urea groups is 1. The topological polar surface area (TPSA) is 69.7 Å². The summed E-state index contributed by atoms with van der Waals surface area (Å²) in [5.41, 5.74) is 0.780. The summed E-state index contributed by atoms with van der Waals surface area (Å²) >= 11 is 0. The molecule has 1 saturated heterocycles. The van der Waals surface area contributed by atoms with Crippen LogP contribution in [0.15, 0.2) is 91.0 Å². The lowest BCUT2D eigenvalue weighted by Crippen LogP contribution is -2.43. The number of rotatable bonds is 5. The maximum Gasteiger partial charge on any atom is 0.325 e. The largest absolute Gasteiger partial charge is 0.325 e. The first-order valence-corrected chi connectivity index (χ1v) is 9.63. The minimum absolute atomic E-state index is 0.364. The Bertz CT molecular complexity index is 1030. The van der Waals surface area contributed by atoms with Crippen LogP contribution in [0.5, 0.6) is 0 Å². The van der Waals surface area contributed by atoms with E-state index < -0.39 is 17.5 Å². The molecule has 1 aliphatic rings. The van der Waals surface area contributed by atoms with Gasteiger partial charge in [0.25, 0.3) is 11.8 Å². The van der Waals surface area contributed by atoms with Gasteiger partial charge in [0, 0.05) is 11.4 Å². The molecule has 0 unspecified atom stereocenters. The fraction of sp³-hybridized carbons (Fsp3) is 0.125. The van der Waals surface area contributed by atoms with E-state index in [-0.39, 0.29) is 12.5 Å². The first-order valence-electron chi connectivity index (χ1n) is 9.63. The van der Waals surface area contributed by atoms with Crippen LogP contribution in [0.2, 0.25) is 0 Å². The van der Waals surface area contributed by atoms with Crippen molar-refractivity contribution in [2.24, 2.45) is 0 Å². The van der Waals surface area contributed by atoms with Gasteiger partial charge < -0.3 is 5.32 Å². The number of carbonyl (C=O) groups excluding carboxylic acids is 3. The lowest BCUT2D eigenvalue weighted by atomic mass is 9.92. The second-order valence-corrected chi connectivity index (χ2v) is 7.21. The van der Waals surface area contributed by atoms with Crippen molar-refractivity contribution in [2.45, 2.75) is 12.5 Å². The molecule has 3 aromatic rings. The predicted octanol–water partition coefficient (Wildman–Crippen LogP) is 3.82. The van der Waals surface area contributed by atoms with Gasteiger partial charge in [0.05, 0.1) is 0 Å². The van der Waals surface area contributed by atoms with Crippen LogP contribution in [0.4, 0.5) is 16.2 Å². The highest BCUT2D eigenvalue weighted by atomic mass is 16.2. The number of anilines is 2. The van der Waals surface area contributed by atoms with Crippen molar-refractivity contribution >= 4 is 29.2 Å². The highest BCUT2D eigenvalue weighted by molar-refractivity contribution is 6.11. The molecule has 6 nitrogen and oxygen atoms in total. The van der Waals surface area contributed by atoms with E-state index in [4.69, 9.17) is 0 Å². The molecule has 0 spiro atoms. The number of para-hydroxylation sites is 2. The predicted molar refractivity (Wildman–Crippen MR) is 114 cm³/mol. The molecule has 0 bridgehead atoms. The molecule has 0 radical (unpaired) electrons. The molecule has 0 saturated carbocycles. The number of hydrogen-bond donors (Lipinski definition) is 1. The van der Waals surface area contributed by atoms with E-state index in [9.17, 15) is 14.4 Å². The van der Waals surface area contributed by atoms with Gasteiger partial charge in [-0.05, 0) is 36.8 Å². The number of nitrogens with one attached hydrogen (secondary N) is 1. The van der Waals surface area contributed by atoms with Gasteiger partial charge in [-0.25, -0.2) is 4.79 Å². The van der Waals surface area contributed by atoms with Crippen LogP contribution in [0.1, 0.15) is 12.5 Å². The maximum absolute atomic E-state index is 13.3. The van der Waals surface area contributed by atoms with Crippen LogP contribution in [0, 0.1) is 0 Å². The Morgan fingerprint density at radius 3 is 1.80 bits per heavy atom. The summed E-state index contributed by atoms with van der Waals surface area (Å²) in [6.07, 6.45) is 0. The van der Waals surface area contributed by atoms with E-state index in [1.165, 1.54) is 4.90 Å². The summed E-state index contributed by atoms with van der Waals surface area (Å²) in [5.74, 6) is -0.832. The van der Waals surface area contributed by atoms with Crippen molar-refractivity contribution in [3.05, 3.63) is 96.6 Å². The monoisotopic (exact) mass is 399 g/mol. The van der Waals surface area contributed by atoms with Crippen molar-refractivity contribution in [1.82, 2.24) is 10.2 Å². The summed E-state index contributed by atoms with van der Waals surface area (Å²) in [4.78, 5) is 41.6. The lowest BCUT2D eigenvalue weighted by molar-refractivity contribution is -0.134. The van der Waals surface area contributed by atoms with Crippen LogP contribution in [-0.2, 0) is 15.1 Å².